The second-order valence-electron chi connectivity index (χ2n) is 5.86. The molecule has 0 bridgehead atoms. The van der Waals surface area contributed by atoms with Crippen molar-refractivity contribution >= 4 is 11.6 Å². The average molecular weight is 371 g/mol. The van der Waals surface area contributed by atoms with Crippen molar-refractivity contribution in [3.05, 3.63) is 18.7 Å². The minimum atomic E-state index is -4.53. The number of aromatic amines is 1. The Bertz CT molecular complexity index is 908. The number of aromatic nitrogens is 6. The Kier molecular flexibility index (Phi) is 3.89. The van der Waals surface area contributed by atoms with Crippen LogP contribution in [0.15, 0.2) is 18.7 Å². The maximum Gasteiger partial charge on any atom is 0.422 e. The molecule has 12 heteroatoms. The molecule has 0 unspecified atom stereocenters. The molecule has 0 saturated heterocycles. The van der Waals surface area contributed by atoms with Gasteiger partial charge in [-0.2, -0.15) is 27.8 Å². The first-order valence-corrected chi connectivity index (χ1v) is 7.75. The number of hydrogen-bond acceptors (Lipinski definition) is 6. The number of rotatable bonds is 5. The zero-order chi connectivity index (χ0) is 18.3. The molecule has 3 heterocycles. The second-order valence-corrected chi connectivity index (χ2v) is 5.86. The van der Waals surface area contributed by atoms with Crippen LogP contribution in [0.1, 0.15) is 12.8 Å². The standard InChI is InChI=1S/C14H13F4N7O/c15-8-1-2-9(8)22-13-23-12-11(26-5-14(16,17)18)10(7-3-20-21-4-7)19-6-25(12)24-13/h3-4,6,8-9H,1-2,5H2,(H,20,21)(H,22,24)/t8-,9-/m0/s1. The summed E-state index contributed by atoms with van der Waals surface area (Å²) in [5.74, 6) is -0.0856. The number of hydrogen-bond donors (Lipinski definition) is 2. The van der Waals surface area contributed by atoms with Crippen LogP contribution in [0.25, 0.3) is 16.9 Å². The number of nitrogens with one attached hydrogen (secondary N) is 2. The van der Waals surface area contributed by atoms with Gasteiger partial charge in [0.15, 0.2) is 12.4 Å². The fourth-order valence-electron chi connectivity index (χ4n) is 2.56. The fraction of sp³-hybridized carbons (Fsp3) is 0.429. The molecule has 1 aliphatic rings. The third kappa shape index (κ3) is 3.13. The quantitative estimate of drug-likeness (QED) is 0.669. The van der Waals surface area contributed by atoms with Gasteiger partial charge in [0.05, 0.1) is 12.2 Å². The monoisotopic (exact) mass is 371 g/mol. The van der Waals surface area contributed by atoms with Crippen LogP contribution >= 0.6 is 0 Å². The average Bonchev–Trinajstić information content (AvgIpc) is 3.24. The van der Waals surface area contributed by atoms with Crippen molar-refractivity contribution in [1.29, 1.82) is 0 Å². The maximum absolute atomic E-state index is 13.4. The molecular weight excluding hydrogens is 358 g/mol. The molecule has 3 aromatic heterocycles. The Morgan fingerprint density at radius 2 is 2.19 bits per heavy atom. The first kappa shape index (κ1) is 16.5. The lowest BCUT2D eigenvalue weighted by Crippen LogP contribution is -2.40. The van der Waals surface area contributed by atoms with Gasteiger partial charge >= 0.3 is 6.18 Å². The van der Waals surface area contributed by atoms with Crippen LogP contribution in [-0.4, -0.2) is 54.8 Å². The van der Waals surface area contributed by atoms with Crippen molar-refractivity contribution in [2.24, 2.45) is 0 Å². The summed E-state index contributed by atoms with van der Waals surface area (Å²) in [6.07, 6.45) is -0.279. The first-order chi connectivity index (χ1) is 12.4. The number of nitrogens with zero attached hydrogens (tertiary/aromatic N) is 5. The summed E-state index contributed by atoms with van der Waals surface area (Å²) in [5, 5.41) is 13.2. The molecule has 0 aromatic carbocycles. The zero-order valence-corrected chi connectivity index (χ0v) is 13.2. The van der Waals surface area contributed by atoms with Crippen LogP contribution in [0.5, 0.6) is 5.75 Å². The van der Waals surface area contributed by atoms with Gasteiger partial charge in [-0.3, -0.25) is 5.10 Å². The van der Waals surface area contributed by atoms with E-state index in [1.165, 1.54) is 23.2 Å². The van der Waals surface area contributed by atoms with E-state index in [0.717, 1.165) is 0 Å². The summed E-state index contributed by atoms with van der Waals surface area (Å²) in [6.45, 7) is -1.51. The molecular formula is C14H13F4N7O. The van der Waals surface area contributed by atoms with Crippen LogP contribution in [0.2, 0.25) is 0 Å². The van der Waals surface area contributed by atoms with Crippen LogP contribution in [0.4, 0.5) is 23.5 Å². The molecule has 3 aromatic rings. The number of fused-ring (bicyclic) bond motifs is 1. The van der Waals surface area contributed by atoms with Gasteiger partial charge in [0, 0.05) is 11.8 Å². The van der Waals surface area contributed by atoms with Crippen molar-refractivity contribution in [3.8, 4) is 17.0 Å². The van der Waals surface area contributed by atoms with Gasteiger partial charge in [-0.25, -0.2) is 9.37 Å². The molecule has 2 atom stereocenters. The third-order valence-corrected chi connectivity index (χ3v) is 4.00. The number of ether oxygens (including phenoxy) is 1. The number of alkyl halides is 4. The summed E-state index contributed by atoms with van der Waals surface area (Å²) >= 11 is 0. The lowest BCUT2D eigenvalue weighted by atomic mass is 9.91. The van der Waals surface area contributed by atoms with E-state index in [0.29, 0.717) is 18.4 Å². The molecule has 2 N–H and O–H groups in total. The number of anilines is 1. The van der Waals surface area contributed by atoms with E-state index in [1.807, 2.05) is 0 Å². The van der Waals surface area contributed by atoms with E-state index in [9.17, 15) is 17.6 Å². The highest BCUT2D eigenvalue weighted by atomic mass is 19.4. The highest BCUT2D eigenvalue weighted by Crippen LogP contribution is 2.33. The van der Waals surface area contributed by atoms with Crippen molar-refractivity contribution in [2.75, 3.05) is 11.9 Å². The summed E-state index contributed by atoms with van der Waals surface area (Å²) in [6, 6.07) is -0.409. The van der Waals surface area contributed by atoms with E-state index in [2.05, 4.69) is 30.6 Å². The highest BCUT2D eigenvalue weighted by molar-refractivity contribution is 5.73. The van der Waals surface area contributed by atoms with E-state index in [1.54, 1.807) is 0 Å². The van der Waals surface area contributed by atoms with Crippen LogP contribution < -0.4 is 10.1 Å². The van der Waals surface area contributed by atoms with E-state index >= 15 is 0 Å². The Labute approximate surface area is 143 Å². The van der Waals surface area contributed by atoms with Gasteiger partial charge < -0.3 is 10.1 Å². The predicted molar refractivity (Wildman–Crippen MR) is 81.5 cm³/mol. The molecule has 0 aliphatic heterocycles. The van der Waals surface area contributed by atoms with E-state index in [4.69, 9.17) is 4.74 Å². The smallest absolute Gasteiger partial charge is 0.422 e. The number of H-pyrrole nitrogens is 1. The van der Waals surface area contributed by atoms with Crippen LogP contribution in [-0.2, 0) is 0 Å². The predicted octanol–water partition coefficient (Wildman–Crippen LogP) is 2.37. The van der Waals surface area contributed by atoms with Gasteiger partial charge in [-0.05, 0) is 12.8 Å². The minimum absolute atomic E-state index is 0.0395. The lowest BCUT2D eigenvalue weighted by Gasteiger charge is -2.30. The molecule has 4 rings (SSSR count). The fourth-order valence-corrected chi connectivity index (χ4v) is 2.56. The Balaban J connectivity index is 1.73. The minimum Gasteiger partial charge on any atom is -0.478 e. The Morgan fingerprint density at radius 3 is 2.81 bits per heavy atom. The molecule has 138 valence electrons. The van der Waals surface area contributed by atoms with E-state index < -0.39 is 25.0 Å². The normalized spacial score (nSPS) is 20.2. The van der Waals surface area contributed by atoms with Crippen molar-refractivity contribution in [2.45, 2.75) is 31.2 Å². The SMILES string of the molecule is F[C@H]1CC[C@@H]1Nc1nc2c(OCC(F)(F)F)c(-c3cn[nH]c3)ncn2n1. The first-order valence-electron chi connectivity index (χ1n) is 7.75. The molecule has 1 fully saturated rings. The summed E-state index contributed by atoms with van der Waals surface area (Å²) < 4.78 is 57.4. The van der Waals surface area contributed by atoms with Crippen LogP contribution in [0, 0.1) is 0 Å². The summed E-state index contributed by atoms with van der Waals surface area (Å²) in [4.78, 5) is 8.25. The molecule has 8 nitrogen and oxygen atoms in total. The third-order valence-electron chi connectivity index (χ3n) is 4.00. The van der Waals surface area contributed by atoms with Crippen LogP contribution in [0.3, 0.4) is 0 Å². The zero-order valence-electron chi connectivity index (χ0n) is 13.2. The molecule has 0 amide bonds. The van der Waals surface area contributed by atoms with Crippen molar-refractivity contribution in [1.82, 2.24) is 29.8 Å². The molecule has 0 radical (unpaired) electrons. The highest BCUT2D eigenvalue weighted by Gasteiger charge is 2.32. The molecule has 1 aliphatic carbocycles. The van der Waals surface area contributed by atoms with Gasteiger partial charge in [-0.15, -0.1) is 5.10 Å². The van der Waals surface area contributed by atoms with E-state index in [-0.39, 0.29) is 23.0 Å². The summed E-state index contributed by atoms with van der Waals surface area (Å²) in [5.41, 5.74) is 0.615. The Morgan fingerprint density at radius 1 is 1.35 bits per heavy atom. The molecule has 1 saturated carbocycles. The largest absolute Gasteiger partial charge is 0.478 e. The van der Waals surface area contributed by atoms with Gasteiger partial charge in [-0.1, -0.05) is 0 Å². The topological polar surface area (TPSA) is 93.0 Å². The maximum atomic E-state index is 13.4. The van der Waals surface area contributed by atoms with Gasteiger partial charge in [0.1, 0.15) is 18.2 Å². The van der Waals surface area contributed by atoms with Gasteiger partial charge in [0.25, 0.3) is 0 Å². The van der Waals surface area contributed by atoms with Gasteiger partial charge in [0.2, 0.25) is 11.6 Å². The van der Waals surface area contributed by atoms with Crippen molar-refractivity contribution in [3.63, 3.8) is 0 Å². The van der Waals surface area contributed by atoms with Crippen molar-refractivity contribution < 1.29 is 22.3 Å². The Hall–Kier alpha value is -2.92. The number of halogens is 4. The molecule has 26 heavy (non-hydrogen) atoms. The molecule has 0 spiro atoms. The second kappa shape index (κ2) is 6.11. The summed E-state index contributed by atoms with van der Waals surface area (Å²) in [7, 11) is 0. The lowest BCUT2D eigenvalue weighted by molar-refractivity contribution is -0.153.